The molecule has 0 amide bonds. The molecule has 0 unspecified atom stereocenters. The number of benzene rings is 1. The Hall–Kier alpha value is -1.51. The molecule has 0 atom stereocenters. The summed E-state index contributed by atoms with van der Waals surface area (Å²) < 4.78 is 26.9. The summed E-state index contributed by atoms with van der Waals surface area (Å²) in [5, 5.41) is 0.430. The Balaban J connectivity index is 2.35. The SMILES string of the molecule is Cc1[nH]c(=O)sc1S(=O)(=O)Nc1ccc(N(C)C)c(Cl)c1. The molecule has 6 nitrogen and oxygen atoms in total. The molecule has 21 heavy (non-hydrogen) atoms. The largest absolute Gasteiger partial charge is 0.376 e. The van der Waals surface area contributed by atoms with E-state index in [0.29, 0.717) is 27.7 Å². The predicted octanol–water partition coefficient (Wildman–Crippen LogP) is 2.27. The lowest BCUT2D eigenvalue weighted by Gasteiger charge is -2.15. The van der Waals surface area contributed by atoms with Gasteiger partial charge in [-0.25, -0.2) is 8.42 Å². The van der Waals surface area contributed by atoms with Crippen molar-refractivity contribution in [1.82, 2.24) is 4.98 Å². The maximum Gasteiger partial charge on any atom is 0.306 e. The molecule has 9 heteroatoms. The first-order valence-corrected chi connectivity index (χ1v) is 8.58. The van der Waals surface area contributed by atoms with Crippen LogP contribution in [-0.2, 0) is 10.0 Å². The number of hydrogen-bond donors (Lipinski definition) is 2. The van der Waals surface area contributed by atoms with E-state index in [0.717, 1.165) is 5.69 Å². The average Bonchev–Trinajstić information content (AvgIpc) is 2.68. The number of nitrogens with one attached hydrogen (secondary N) is 2. The molecule has 0 bridgehead atoms. The molecule has 1 heterocycles. The van der Waals surface area contributed by atoms with Gasteiger partial charge in [0.2, 0.25) is 0 Å². The smallest absolute Gasteiger partial charge is 0.306 e. The monoisotopic (exact) mass is 347 g/mol. The van der Waals surface area contributed by atoms with Gasteiger partial charge in [-0.3, -0.25) is 9.52 Å². The molecule has 1 aromatic carbocycles. The van der Waals surface area contributed by atoms with E-state index < -0.39 is 14.9 Å². The van der Waals surface area contributed by atoms with E-state index in [1.165, 1.54) is 13.0 Å². The fourth-order valence-electron chi connectivity index (χ4n) is 1.78. The van der Waals surface area contributed by atoms with Gasteiger partial charge in [0.1, 0.15) is 0 Å². The van der Waals surface area contributed by atoms with Gasteiger partial charge in [0, 0.05) is 19.8 Å². The van der Waals surface area contributed by atoms with Gasteiger partial charge in [-0.15, -0.1) is 0 Å². The summed E-state index contributed by atoms with van der Waals surface area (Å²) in [5.74, 6) is 0. The van der Waals surface area contributed by atoms with Crippen molar-refractivity contribution >= 4 is 44.3 Å². The summed E-state index contributed by atoms with van der Waals surface area (Å²) in [6, 6.07) is 4.86. The van der Waals surface area contributed by atoms with Crippen molar-refractivity contribution in [3.63, 3.8) is 0 Å². The zero-order valence-corrected chi connectivity index (χ0v) is 14.0. The van der Waals surface area contributed by atoms with E-state index in [1.807, 2.05) is 19.0 Å². The number of anilines is 2. The summed E-state index contributed by atoms with van der Waals surface area (Å²) in [7, 11) is -0.130. The Morgan fingerprint density at radius 2 is 2.00 bits per heavy atom. The summed E-state index contributed by atoms with van der Waals surface area (Å²) in [4.78, 5) is 15.1. The molecular weight excluding hydrogens is 334 g/mol. The van der Waals surface area contributed by atoms with Crippen molar-refractivity contribution in [1.29, 1.82) is 0 Å². The molecule has 0 saturated carbocycles. The first-order valence-electron chi connectivity index (χ1n) is 5.90. The predicted molar refractivity (Wildman–Crippen MR) is 86.3 cm³/mol. The van der Waals surface area contributed by atoms with Crippen LogP contribution in [0, 0.1) is 6.92 Å². The third-order valence-electron chi connectivity index (χ3n) is 2.71. The second-order valence-corrected chi connectivity index (χ2v) is 7.86. The molecule has 2 N–H and O–H groups in total. The summed E-state index contributed by atoms with van der Waals surface area (Å²) in [5.41, 5.74) is 1.43. The van der Waals surface area contributed by atoms with E-state index in [-0.39, 0.29) is 4.21 Å². The van der Waals surface area contributed by atoms with E-state index in [9.17, 15) is 13.2 Å². The Labute approximate surface area is 131 Å². The third-order valence-corrected chi connectivity index (χ3v) is 6.00. The number of H-pyrrole nitrogens is 1. The van der Waals surface area contributed by atoms with Crippen LogP contribution >= 0.6 is 22.9 Å². The number of aromatic nitrogens is 1. The van der Waals surface area contributed by atoms with Gasteiger partial charge < -0.3 is 9.88 Å². The van der Waals surface area contributed by atoms with E-state index in [4.69, 9.17) is 11.6 Å². The van der Waals surface area contributed by atoms with Gasteiger partial charge in [0.15, 0.2) is 4.21 Å². The lowest BCUT2D eigenvalue weighted by molar-refractivity contribution is 0.602. The molecule has 0 spiro atoms. The van der Waals surface area contributed by atoms with Gasteiger partial charge in [0.05, 0.1) is 16.4 Å². The quantitative estimate of drug-likeness (QED) is 0.888. The number of halogens is 1. The molecule has 2 aromatic rings. The number of aromatic amines is 1. The van der Waals surface area contributed by atoms with Gasteiger partial charge in [-0.1, -0.05) is 22.9 Å². The van der Waals surface area contributed by atoms with Crippen molar-refractivity contribution in [2.45, 2.75) is 11.1 Å². The number of nitrogens with zero attached hydrogens (tertiary/aromatic N) is 1. The van der Waals surface area contributed by atoms with Crippen LogP contribution in [0.4, 0.5) is 11.4 Å². The zero-order valence-electron chi connectivity index (χ0n) is 11.6. The third kappa shape index (κ3) is 3.39. The van der Waals surface area contributed by atoms with Crippen LogP contribution in [0.3, 0.4) is 0 Å². The van der Waals surface area contributed by atoms with Gasteiger partial charge in [0.25, 0.3) is 10.0 Å². The highest BCUT2D eigenvalue weighted by Crippen LogP contribution is 2.29. The van der Waals surface area contributed by atoms with Crippen molar-refractivity contribution in [2.75, 3.05) is 23.7 Å². The molecule has 0 aliphatic carbocycles. The van der Waals surface area contributed by atoms with Crippen LogP contribution in [0.2, 0.25) is 5.02 Å². The Morgan fingerprint density at radius 3 is 2.48 bits per heavy atom. The van der Waals surface area contributed by atoms with Crippen molar-refractivity contribution in [3.8, 4) is 0 Å². The molecule has 0 aliphatic rings. The van der Waals surface area contributed by atoms with Gasteiger partial charge in [-0.2, -0.15) is 0 Å². The van der Waals surface area contributed by atoms with Crippen LogP contribution in [0.25, 0.3) is 0 Å². The topological polar surface area (TPSA) is 82.3 Å². The maximum atomic E-state index is 12.3. The number of hydrogen-bond acceptors (Lipinski definition) is 5. The highest BCUT2D eigenvalue weighted by atomic mass is 35.5. The van der Waals surface area contributed by atoms with Crippen LogP contribution in [0.5, 0.6) is 0 Å². The van der Waals surface area contributed by atoms with Crippen LogP contribution in [0.1, 0.15) is 5.69 Å². The summed E-state index contributed by atoms with van der Waals surface area (Å²) in [6.07, 6.45) is 0. The second kappa shape index (κ2) is 5.70. The van der Waals surface area contributed by atoms with Crippen molar-refractivity contribution in [2.24, 2.45) is 0 Å². The Morgan fingerprint density at radius 1 is 1.33 bits per heavy atom. The fraction of sp³-hybridized carbons (Fsp3) is 0.250. The molecular formula is C12H14ClN3O3S2. The summed E-state index contributed by atoms with van der Waals surface area (Å²) in [6.45, 7) is 1.54. The normalized spacial score (nSPS) is 11.4. The van der Waals surface area contributed by atoms with E-state index in [1.54, 1.807) is 12.1 Å². The minimum atomic E-state index is -3.81. The van der Waals surface area contributed by atoms with Crippen LogP contribution < -0.4 is 14.5 Å². The lowest BCUT2D eigenvalue weighted by atomic mass is 10.3. The van der Waals surface area contributed by atoms with Gasteiger partial charge in [-0.05, 0) is 25.1 Å². The lowest BCUT2D eigenvalue weighted by Crippen LogP contribution is -2.13. The molecule has 0 aliphatic heterocycles. The number of aryl methyl sites for hydroxylation is 1. The Kier molecular flexibility index (Phi) is 4.31. The minimum Gasteiger partial charge on any atom is -0.376 e. The highest BCUT2D eigenvalue weighted by molar-refractivity contribution is 7.94. The summed E-state index contributed by atoms with van der Waals surface area (Å²) >= 11 is 6.75. The molecule has 0 radical (unpaired) electrons. The number of sulfonamides is 1. The first kappa shape index (κ1) is 15.9. The molecule has 1 aromatic heterocycles. The second-order valence-electron chi connectivity index (χ2n) is 4.59. The van der Waals surface area contributed by atoms with Crippen molar-refractivity contribution in [3.05, 3.63) is 38.6 Å². The van der Waals surface area contributed by atoms with Crippen LogP contribution in [-0.4, -0.2) is 27.5 Å². The molecule has 0 saturated heterocycles. The van der Waals surface area contributed by atoms with Crippen molar-refractivity contribution < 1.29 is 8.42 Å². The van der Waals surface area contributed by atoms with Crippen LogP contribution in [0.15, 0.2) is 27.2 Å². The zero-order chi connectivity index (χ0) is 15.8. The van der Waals surface area contributed by atoms with E-state index in [2.05, 4.69) is 9.71 Å². The first-order chi connectivity index (χ1) is 9.70. The highest BCUT2D eigenvalue weighted by Gasteiger charge is 2.21. The van der Waals surface area contributed by atoms with Gasteiger partial charge >= 0.3 is 4.87 Å². The molecule has 0 fully saturated rings. The maximum absolute atomic E-state index is 12.3. The molecule has 2 rings (SSSR count). The standard InChI is InChI=1S/C12H14ClN3O3S2/c1-7-11(20-12(17)14-7)21(18,19)15-8-4-5-10(16(2)3)9(13)6-8/h4-6,15H,1-3H3,(H,14,17). The Bertz CT molecular complexity index is 825. The number of thiazole rings is 1. The van der Waals surface area contributed by atoms with E-state index >= 15 is 0 Å². The average molecular weight is 348 g/mol. The number of rotatable bonds is 4. The fourth-order valence-corrected chi connectivity index (χ4v) is 4.48. The minimum absolute atomic E-state index is 0.0275. The molecule has 114 valence electrons.